The average Bonchev–Trinajstić information content (AvgIpc) is 3.45. The summed E-state index contributed by atoms with van der Waals surface area (Å²) >= 11 is 1.76. The molecule has 0 bridgehead atoms. The van der Waals surface area contributed by atoms with E-state index in [-0.39, 0.29) is 5.91 Å². The molecule has 0 radical (unpaired) electrons. The van der Waals surface area contributed by atoms with E-state index in [2.05, 4.69) is 51.7 Å². The summed E-state index contributed by atoms with van der Waals surface area (Å²) in [6, 6.07) is 16.7. The molecule has 0 aliphatic carbocycles. The van der Waals surface area contributed by atoms with Crippen LogP contribution < -0.4 is 4.90 Å². The second-order valence-corrected chi connectivity index (χ2v) is 7.83. The van der Waals surface area contributed by atoms with Crippen LogP contribution >= 0.6 is 11.3 Å². The molecule has 1 aromatic carbocycles. The molecule has 0 atom stereocenters. The summed E-state index contributed by atoms with van der Waals surface area (Å²) in [6.07, 6.45) is 5.51. The van der Waals surface area contributed by atoms with Crippen LogP contribution in [0, 0.1) is 0 Å². The lowest BCUT2D eigenvalue weighted by Crippen LogP contribution is -2.48. The van der Waals surface area contributed by atoms with Crippen molar-refractivity contribution in [3.63, 3.8) is 0 Å². The molecule has 0 saturated carbocycles. The highest BCUT2D eigenvalue weighted by Crippen LogP contribution is 2.28. The van der Waals surface area contributed by atoms with Gasteiger partial charge in [-0.1, -0.05) is 18.2 Å². The Kier molecular flexibility index (Phi) is 4.33. The van der Waals surface area contributed by atoms with E-state index in [9.17, 15) is 4.79 Å². The van der Waals surface area contributed by atoms with Gasteiger partial charge in [-0.05, 0) is 41.3 Å². The Bertz CT molecular complexity index is 1110. The first-order valence-electron chi connectivity index (χ1n) is 9.39. The van der Waals surface area contributed by atoms with Crippen molar-refractivity contribution in [2.45, 2.75) is 0 Å². The van der Waals surface area contributed by atoms with Crippen molar-refractivity contribution in [1.82, 2.24) is 14.3 Å². The van der Waals surface area contributed by atoms with Gasteiger partial charge in [0.25, 0.3) is 5.91 Å². The zero-order valence-corrected chi connectivity index (χ0v) is 16.2. The number of thiophene rings is 1. The second-order valence-electron chi connectivity index (χ2n) is 6.89. The monoisotopic (exact) mass is 388 g/mol. The van der Waals surface area contributed by atoms with Crippen LogP contribution in [0.1, 0.15) is 10.4 Å². The smallest absolute Gasteiger partial charge is 0.257 e. The SMILES string of the molecule is O=C(c1cccn2ccnc12)N1CCN(c2cccc(-c3cccs3)c2)CC1. The summed E-state index contributed by atoms with van der Waals surface area (Å²) in [5, 5.41) is 2.10. The van der Waals surface area contributed by atoms with Crippen molar-refractivity contribution in [1.29, 1.82) is 0 Å². The fraction of sp³-hybridized carbons (Fsp3) is 0.182. The first-order chi connectivity index (χ1) is 13.8. The van der Waals surface area contributed by atoms with Gasteiger partial charge < -0.3 is 14.2 Å². The molecule has 4 aromatic rings. The van der Waals surface area contributed by atoms with E-state index in [1.54, 1.807) is 17.5 Å². The minimum absolute atomic E-state index is 0.0591. The quantitative estimate of drug-likeness (QED) is 0.532. The van der Waals surface area contributed by atoms with Gasteiger partial charge in [0.05, 0.1) is 5.56 Å². The first kappa shape index (κ1) is 17.0. The van der Waals surface area contributed by atoms with Crippen molar-refractivity contribution in [3.8, 4) is 10.4 Å². The van der Waals surface area contributed by atoms with Crippen LogP contribution in [0.4, 0.5) is 5.69 Å². The molecule has 6 heteroatoms. The number of pyridine rings is 1. The molecule has 0 unspecified atom stereocenters. The summed E-state index contributed by atoms with van der Waals surface area (Å²) in [4.78, 5) is 22.9. The summed E-state index contributed by atoms with van der Waals surface area (Å²) in [5.74, 6) is 0.0591. The van der Waals surface area contributed by atoms with Crippen LogP contribution in [0.2, 0.25) is 0 Å². The zero-order chi connectivity index (χ0) is 18.9. The predicted molar refractivity (Wildman–Crippen MR) is 113 cm³/mol. The van der Waals surface area contributed by atoms with Crippen LogP contribution in [0.3, 0.4) is 0 Å². The van der Waals surface area contributed by atoms with Gasteiger partial charge in [-0.2, -0.15) is 0 Å². The molecule has 0 spiro atoms. The lowest BCUT2D eigenvalue weighted by molar-refractivity contribution is 0.0748. The molecule has 3 aromatic heterocycles. The third-order valence-electron chi connectivity index (χ3n) is 5.23. The number of benzene rings is 1. The largest absolute Gasteiger partial charge is 0.368 e. The number of nitrogens with zero attached hydrogens (tertiary/aromatic N) is 4. The number of rotatable bonds is 3. The number of hydrogen-bond acceptors (Lipinski definition) is 4. The lowest BCUT2D eigenvalue weighted by atomic mass is 10.1. The second kappa shape index (κ2) is 7.13. The van der Waals surface area contributed by atoms with E-state index in [1.165, 1.54) is 16.1 Å². The number of carbonyl (C=O) groups is 1. The number of imidazole rings is 1. The van der Waals surface area contributed by atoms with Crippen LogP contribution in [0.15, 0.2) is 72.5 Å². The van der Waals surface area contributed by atoms with Gasteiger partial charge in [-0.25, -0.2) is 4.98 Å². The van der Waals surface area contributed by atoms with Crippen LogP contribution in [-0.2, 0) is 0 Å². The molecular formula is C22H20N4OS. The molecule has 0 N–H and O–H groups in total. The van der Waals surface area contributed by atoms with Crippen molar-refractivity contribution >= 4 is 28.6 Å². The van der Waals surface area contributed by atoms with Crippen LogP contribution in [-0.4, -0.2) is 46.4 Å². The molecule has 1 saturated heterocycles. The number of amides is 1. The molecule has 28 heavy (non-hydrogen) atoms. The summed E-state index contributed by atoms with van der Waals surface area (Å²) in [7, 11) is 0. The number of piperazine rings is 1. The maximum atomic E-state index is 13.0. The Labute approximate surface area is 167 Å². The summed E-state index contributed by atoms with van der Waals surface area (Å²) < 4.78 is 1.89. The molecular weight excluding hydrogens is 368 g/mol. The molecule has 1 aliphatic heterocycles. The van der Waals surface area contributed by atoms with Gasteiger partial charge in [0, 0.05) is 55.3 Å². The molecule has 4 heterocycles. The Morgan fingerprint density at radius 3 is 2.68 bits per heavy atom. The normalized spacial score (nSPS) is 14.6. The van der Waals surface area contributed by atoms with Crippen molar-refractivity contribution in [2.24, 2.45) is 0 Å². The zero-order valence-electron chi connectivity index (χ0n) is 15.4. The number of anilines is 1. The molecule has 5 rings (SSSR count). The Morgan fingerprint density at radius 2 is 1.86 bits per heavy atom. The van der Waals surface area contributed by atoms with Gasteiger partial charge in [0.2, 0.25) is 0 Å². The molecule has 140 valence electrons. The number of fused-ring (bicyclic) bond motifs is 1. The summed E-state index contributed by atoms with van der Waals surface area (Å²) in [5.41, 5.74) is 3.85. The maximum Gasteiger partial charge on any atom is 0.257 e. The van der Waals surface area contributed by atoms with Crippen molar-refractivity contribution < 1.29 is 4.79 Å². The Hall–Kier alpha value is -3.12. The third-order valence-corrected chi connectivity index (χ3v) is 6.15. The average molecular weight is 388 g/mol. The van der Waals surface area contributed by atoms with E-state index in [1.807, 2.05) is 33.8 Å². The highest BCUT2D eigenvalue weighted by molar-refractivity contribution is 7.13. The highest BCUT2D eigenvalue weighted by atomic mass is 32.1. The van der Waals surface area contributed by atoms with E-state index < -0.39 is 0 Å². The minimum atomic E-state index is 0.0591. The van der Waals surface area contributed by atoms with Crippen molar-refractivity contribution in [3.05, 3.63) is 78.1 Å². The van der Waals surface area contributed by atoms with E-state index in [0.29, 0.717) is 18.7 Å². The van der Waals surface area contributed by atoms with E-state index in [0.717, 1.165) is 18.7 Å². The number of carbonyl (C=O) groups excluding carboxylic acids is 1. The Balaban J connectivity index is 1.31. The minimum Gasteiger partial charge on any atom is -0.368 e. The van der Waals surface area contributed by atoms with Gasteiger partial charge in [0.1, 0.15) is 5.65 Å². The fourth-order valence-electron chi connectivity index (χ4n) is 3.75. The molecule has 1 fully saturated rings. The van der Waals surface area contributed by atoms with E-state index >= 15 is 0 Å². The summed E-state index contributed by atoms with van der Waals surface area (Å²) in [6.45, 7) is 3.09. The maximum absolute atomic E-state index is 13.0. The third kappa shape index (κ3) is 3.05. The van der Waals surface area contributed by atoms with Crippen LogP contribution in [0.5, 0.6) is 0 Å². The van der Waals surface area contributed by atoms with Gasteiger partial charge in [-0.15, -0.1) is 11.3 Å². The molecule has 1 aliphatic rings. The van der Waals surface area contributed by atoms with Gasteiger partial charge in [0.15, 0.2) is 0 Å². The molecule has 1 amide bonds. The lowest BCUT2D eigenvalue weighted by Gasteiger charge is -2.36. The first-order valence-corrected chi connectivity index (χ1v) is 10.3. The topological polar surface area (TPSA) is 40.9 Å². The van der Waals surface area contributed by atoms with Crippen LogP contribution in [0.25, 0.3) is 16.1 Å². The van der Waals surface area contributed by atoms with Gasteiger partial charge in [-0.3, -0.25) is 4.79 Å². The highest BCUT2D eigenvalue weighted by Gasteiger charge is 2.24. The number of hydrogen-bond donors (Lipinski definition) is 0. The van der Waals surface area contributed by atoms with Gasteiger partial charge >= 0.3 is 0 Å². The Morgan fingerprint density at radius 1 is 0.964 bits per heavy atom. The molecule has 5 nitrogen and oxygen atoms in total. The van der Waals surface area contributed by atoms with Crippen molar-refractivity contribution in [2.75, 3.05) is 31.1 Å². The predicted octanol–water partition coefficient (Wildman–Crippen LogP) is 4.03. The number of aromatic nitrogens is 2. The standard InChI is InChI=1S/C22H20N4OS/c27-22(19-6-2-9-25-10-8-23-21(19)25)26-13-11-24(12-14-26)18-5-1-4-17(16-18)20-7-3-15-28-20/h1-10,15-16H,11-14H2. The van der Waals surface area contributed by atoms with E-state index in [4.69, 9.17) is 0 Å². The fourth-order valence-corrected chi connectivity index (χ4v) is 4.48.